The molecule has 7 nitrogen and oxygen atoms in total. The summed E-state index contributed by atoms with van der Waals surface area (Å²) in [6, 6.07) is 14.8. The molecule has 26 heavy (non-hydrogen) atoms. The van der Waals surface area contributed by atoms with E-state index in [2.05, 4.69) is 20.8 Å². The first-order valence-electron chi connectivity index (χ1n) is 8.56. The van der Waals surface area contributed by atoms with Crippen molar-refractivity contribution in [2.24, 2.45) is 0 Å². The molecule has 4 rings (SSSR count). The van der Waals surface area contributed by atoms with Gasteiger partial charge in [-0.25, -0.2) is 4.68 Å². The molecule has 0 aliphatic heterocycles. The fraction of sp³-hybridized carbons (Fsp3) is 0.263. The molecule has 0 bridgehead atoms. The normalized spacial score (nSPS) is 14.8. The van der Waals surface area contributed by atoms with Crippen LogP contribution in [0.3, 0.4) is 0 Å². The third-order valence-corrected chi connectivity index (χ3v) is 4.50. The van der Waals surface area contributed by atoms with Crippen molar-refractivity contribution in [3.63, 3.8) is 0 Å². The van der Waals surface area contributed by atoms with Crippen LogP contribution in [0.2, 0.25) is 0 Å². The maximum absolute atomic E-state index is 12.4. The molecule has 1 aliphatic carbocycles. The van der Waals surface area contributed by atoms with E-state index in [0.717, 1.165) is 24.0 Å². The molecule has 2 aromatic carbocycles. The first-order chi connectivity index (χ1) is 12.6. The van der Waals surface area contributed by atoms with Crippen molar-refractivity contribution in [3.05, 3.63) is 59.7 Å². The Morgan fingerprint density at radius 2 is 2.00 bits per heavy atom. The number of aliphatic hydroxyl groups is 1. The van der Waals surface area contributed by atoms with Crippen molar-refractivity contribution in [1.29, 1.82) is 0 Å². The summed E-state index contributed by atoms with van der Waals surface area (Å²) in [4.78, 5) is 12.4. The van der Waals surface area contributed by atoms with Crippen molar-refractivity contribution >= 4 is 11.6 Å². The van der Waals surface area contributed by atoms with E-state index in [0.29, 0.717) is 23.1 Å². The zero-order chi connectivity index (χ0) is 18.1. The van der Waals surface area contributed by atoms with Crippen LogP contribution in [0.4, 0.5) is 5.69 Å². The SMILES string of the molecule is Cc1ccc(NC(=O)[C@@H](O)c2ccccc2)cc1-c1nnnn1C1CC1. The number of hydrogen-bond donors (Lipinski definition) is 2. The number of aliphatic hydroxyl groups excluding tert-OH is 1. The fourth-order valence-electron chi connectivity index (χ4n) is 2.87. The largest absolute Gasteiger partial charge is 0.378 e. The highest BCUT2D eigenvalue weighted by atomic mass is 16.3. The molecule has 132 valence electrons. The molecule has 7 heteroatoms. The molecule has 1 fully saturated rings. The van der Waals surface area contributed by atoms with Gasteiger partial charge < -0.3 is 10.4 Å². The van der Waals surface area contributed by atoms with Crippen LogP contribution in [0, 0.1) is 6.92 Å². The molecule has 1 aromatic heterocycles. The van der Waals surface area contributed by atoms with Crippen molar-refractivity contribution in [2.75, 3.05) is 5.32 Å². The number of nitrogens with zero attached hydrogens (tertiary/aromatic N) is 4. The molecule has 1 amide bonds. The van der Waals surface area contributed by atoms with Crippen LogP contribution in [0.25, 0.3) is 11.4 Å². The Morgan fingerprint density at radius 3 is 2.73 bits per heavy atom. The number of aromatic nitrogens is 4. The Bertz CT molecular complexity index is 934. The summed E-state index contributed by atoms with van der Waals surface area (Å²) in [5.74, 6) is 0.220. The second-order valence-electron chi connectivity index (χ2n) is 6.51. The van der Waals surface area contributed by atoms with Crippen molar-refractivity contribution in [2.45, 2.75) is 31.9 Å². The molecule has 0 spiro atoms. The number of benzene rings is 2. The molecule has 1 saturated carbocycles. The Balaban J connectivity index is 1.58. The number of hydrogen-bond acceptors (Lipinski definition) is 5. The van der Waals surface area contributed by atoms with Crippen LogP contribution < -0.4 is 5.32 Å². The number of amides is 1. The highest BCUT2D eigenvalue weighted by molar-refractivity contribution is 5.95. The van der Waals surface area contributed by atoms with Crippen LogP contribution in [0.5, 0.6) is 0 Å². The van der Waals surface area contributed by atoms with Crippen LogP contribution in [0.1, 0.15) is 36.1 Å². The van der Waals surface area contributed by atoms with Crippen LogP contribution in [-0.4, -0.2) is 31.2 Å². The summed E-state index contributed by atoms with van der Waals surface area (Å²) in [5.41, 5.74) is 3.03. The van der Waals surface area contributed by atoms with Gasteiger partial charge in [-0.15, -0.1) is 5.10 Å². The number of rotatable bonds is 5. The van der Waals surface area contributed by atoms with Gasteiger partial charge in [0.2, 0.25) is 0 Å². The second kappa shape index (κ2) is 6.68. The molecule has 0 saturated heterocycles. The van der Waals surface area contributed by atoms with E-state index in [4.69, 9.17) is 0 Å². The van der Waals surface area contributed by atoms with E-state index >= 15 is 0 Å². The van der Waals surface area contributed by atoms with Gasteiger partial charge in [0.25, 0.3) is 5.91 Å². The first-order valence-corrected chi connectivity index (χ1v) is 8.56. The van der Waals surface area contributed by atoms with Gasteiger partial charge in [-0.3, -0.25) is 4.79 Å². The van der Waals surface area contributed by atoms with Gasteiger partial charge in [-0.1, -0.05) is 36.4 Å². The van der Waals surface area contributed by atoms with Gasteiger partial charge in [-0.2, -0.15) is 0 Å². The van der Waals surface area contributed by atoms with Gasteiger partial charge >= 0.3 is 0 Å². The van der Waals surface area contributed by atoms with E-state index < -0.39 is 12.0 Å². The number of nitrogens with one attached hydrogen (secondary N) is 1. The average molecular weight is 349 g/mol. The summed E-state index contributed by atoms with van der Waals surface area (Å²) >= 11 is 0. The van der Waals surface area contributed by atoms with Crippen LogP contribution >= 0.6 is 0 Å². The van der Waals surface area contributed by atoms with Crippen LogP contribution in [-0.2, 0) is 4.79 Å². The molecular weight excluding hydrogens is 330 g/mol. The lowest BCUT2D eigenvalue weighted by atomic mass is 10.1. The first kappa shape index (κ1) is 16.4. The molecule has 3 aromatic rings. The van der Waals surface area contributed by atoms with E-state index in [1.54, 1.807) is 30.3 Å². The van der Waals surface area contributed by atoms with Crippen molar-refractivity contribution in [1.82, 2.24) is 20.2 Å². The minimum absolute atomic E-state index is 0.359. The van der Waals surface area contributed by atoms with E-state index in [1.165, 1.54) is 0 Å². The average Bonchev–Trinajstić information content (AvgIpc) is 3.40. The zero-order valence-corrected chi connectivity index (χ0v) is 14.3. The predicted molar refractivity (Wildman–Crippen MR) is 96.3 cm³/mol. The highest BCUT2D eigenvalue weighted by Gasteiger charge is 2.28. The molecule has 1 aliphatic rings. The zero-order valence-electron chi connectivity index (χ0n) is 14.3. The monoisotopic (exact) mass is 349 g/mol. The summed E-state index contributed by atoms with van der Waals surface area (Å²) in [5, 5.41) is 25.0. The van der Waals surface area contributed by atoms with Gasteiger partial charge in [0.15, 0.2) is 11.9 Å². The maximum Gasteiger partial charge on any atom is 0.257 e. The molecular formula is C19H19N5O2. The molecule has 2 N–H and O–H groups in total. The Hall–Kier alpha value is -3.06. The van der Waals surface area contributed by atoms with Gasteiger partial charge in [0.05, 0.1) is 6.04 Å². The second-order valence-corrected chi connectivity index (χ2v) is 6.51. The number of carbonyl (C=O) groups excluding carboxylic acids is 1. The molecule has 1 atom stereocenters. The maximum atomic E-state index is 12.4. The minimum atomic E-state index is -1.22. The minimum Gasteiger partial charge on any atom is -0.378 e. The standard InChI is InChI=1S/C19H19N5O2/c1-12-7-8-14(20-19(26)17(25)13-5-3-2-4-6-13)11-16(12)18-21-22-23-24(18)15-9-10-15/h2-8,11,15,17,25H,9-10H2,1H3,(H,20,26)/t17-/m0/s1. The number of aryl methyl sites for hydroxylation is 1. The lowest BCUT2D eigenvalue weighted by molar-refractivity contribution is -0.124. The smallest absolute Gasteiger partial charge is 0.257 e. The predicted octanol–water partition coefficient (Wildman–Crippen LogP) is 2.66. The third-order valence-electron chi connectivity index (χ3n) is 4.50. The van der Waals surface area contributed by atoms with Gasteiger partial charge in [-0.05, 0) is 53.5 Å². The summed E-state index contributed by atoms with van der Waals surface area (Å²) < 4.78 is 1.84. The van der Waals surface area contributed by atoms with Crippen LogP contribution in [0.15, 0.2) is 48.5 Å². The Kier molecular flexibility index (Phi) is 4.22. The lowest BCUT2D eigenvalue weighted by Gasteiger charge is -2.13. The summed E-state index contributed by atoms with van der Waals surface area (Å²) in [6.07, 6.45) is 0.936. The number of carbonyl (C=O) groups is 1. The number of anilines is 1. The Labute approximate surface area is 150 Å². The lowest BCUT2D eigenvalue weighted by Crippen LogP contribution is -2.20. The topological polar surface area (TPSA) is 92.9 Å². The van der Waals surface area contributed by atoms with E-state index in [1.807, 2.05) is 29.8 Å². The van der Waals surface area contributed by atoms with E-state index in [-0.39, 0.29) is 0 Å². The molecule has 0 unspecified atom stereocenters. The number of tetrazole rings is 1. The molecule has 0 radical (unpaired) electrons. The summed E-state index contributed by atoms with van der Waals surface area (Å²) in [7, 11) is 0. The van der Waals surface area contributed by atoms with Gasteiger partial charge in [0.1, 0.15) is 0 Å². The Morgan fingerprint density at radius 1 is 1.23 bits per heavy atom. The summed E-state index contributed by atoms with van der Waals surface area (Å²) in [6.45, 7) is 1.98. The highest BCUT2D eigenvalue weighted by Crippen LogP contribution is 2.37. The fourth-order valence-corrected chi connectivity index (χ4v) is 2.87. The van der Waals surface area contributed by atoms with E-state index in [9.17, 15) is 9.90 Å². The third kappa shape index (κ3) is 3.21. The quantitative estimate of drug-likeness (QED) is 0.739. The molecule has 1 heterocycles. The van der Waals surface area contributed by atoms with Crippen molar-refractivity contribution in [3.8, 4) is 11.4 Å². The van der Waals surface area contributed by atoms with Crippen molar-refractivity contribution < 1.29 is 9.90 Å². The van der Waals surface area contributed by atoms with Gasteiger partial charge in [0, 0.05) is 11.3 Å².